The second-order valence-corrected chi connectivity index (χ2v) is 4.15. The molecular weight excluding hydrogens is 277 g/mol. The van der Waals surface area contributed by atoms with Crippen molar-refractivity contribution >= 4 is 17.6 Å². The monoisotopic (exact) mass is 289 g/mol. The molecule has 2 N–H and O–H groups in total. The van der Waals surface area contributed by atoms with Crippen molar-refractivity contribution in [3.63, 3.8) is 0 Å². The first-order chi connectivity index (χ1) is 10.1. The maximum absolute atomic E-state index is 12.7. The van der Waals surface area contributed by atoms with Gasteiger partial charge < -0.3 is 15.2 Å². The molecular formula is C15H12FNO4. The Morgan fingerprint density at radius 1 is 1.10 bits per heavy atom. The number of anilines is 1. The number of para-hydroxylation sites is 1. The Kier molecular flexibility index (Phi) is 4.50. The van der Waals surface area contributed by atoms with Crippen LogP contribution in [-0.4, -0.2) is 23.6 Å². The lowest BCUT2D eigenvalue weighted by molar-refractivity contribution is -0.119. The van der Waals surface area contributed by atoms with Gasteiger partial charge in [0.1, 0.15) is 17.1 Å². The number of carbonyl (C=O) groups excluding carboxylic acids is 2. The van der Waals surface area contributed by atoms with Gasteiger partial charge in [0.15, 0.2) is 6.61 Å². The summed E-state index contributed by atoms with van der Waals surface area (Å²) in [7, 11) is 0. The van der Waals surface area contributed by atoms with Gasteiger partial charge in [0, 0.05) is 5.69 Å². The molecule has 0 spiro atoms. The predicted molar refractivity (Wildman–Crippen MR) is 73.4 cm³/mol. The van der Waals surface area contributed by atoms with Crippen LogP contribution in [0.1, 0.15) is 10.4 Å². The third-order valence-electron chi connectivity index (χ3n) is 2.59. The Morgan fingerprint density at radius 2 is 1.76 bits per heavy atom. The van der Waals surface area contributed by atoms with Crippen molar-refractivity contribution in [1.29, 1.82) is 0 Å². The van der Waals surface area contributed by atoms with Gasteiger partial charge in [0.2, 0.25) is 0 Å². The molecule has 0 atom stereocenters. The second kappa shape index (κ2) is 6.51. The molecule has 0 aromatic heterocycles. The Labute approximate surface area is 120 Å². The van der Waals surface area contributed by atoms with E-state index in [9.17, 15) is 19.1 Å². The molecule has 2 aromatic carbocycles. The second-order valence-electron chi connectivity index (χ2n) is 4.15. The van der Waals surface area contributed by atoms with Gasteiger partial charge in [-0.25, -0.2) is 9.18 Å². The summed E-state index contributed by atoms with van der Waals surface area (Å²) in [5.41, 5.74) is 0.368. The minimum absolute atomic E-state index is 0.0212. The zero-order valence-corrected chi connectivity index (χ0v) is 10.9. The van der Waals surface area contributed by atoms with Gasteiger partial charge >= 0.3 is 5.97 Å². The number of phenolic OH excluding ortho intramolecular Hbond substituents is 1. The van der Waals surface area contributed by atoms with Crippen molar-refractivity contribution in [1.82, 2.24) is 0 Å². The molecule has 0 unspecified atom stereocenters. The van der Waals surface area contributed by atoms with Crippen molar-refractivity contribution in [3.05, 3.63) is 59.9 Å². The number of amides is 1. The third kappa shape index (κ3) is 4.04. The van der Waals surface area contributed by atoms with Gasteiger partial charge in [-0.05, 0) is 36.4 Å². The van der Waals surface area contributed by atoms with Crippen molar-refractivity contribution in [3.8, 4) is 5.75 Å². The topological polar surface area (TPSA) is 75.6 Å². The summed E-state index contributed by atoms with van der Waals surface area (Å²) >= 11 is 0. The SMILES string of the molecule is O=C(COC(=O)c1ccccc1O)Nc1ccc(F)cc1. The predicted octanol–water partition coefficient (Wildman–Crippen LogP) is 2.33. The normalized spacial score (nSPS) is 9.95. The van der Waals surface area contributed by atoms with Crippen LogP contribution in [0.15, 0.2) is 48.5 Å². The summed E-state index contributed by atoms with van der Waals surface area (Å²) in [4.78, 5) is 23.2. The fourth-order valence-corrected chi connectivity index (χ4v) is 1.59. The van der Waals surface area contributed by atoms with Crippen LogP contribution < -0.4 is 5.32 Å². The molecule has 108 valence electrons. The first-order valence-electron chi connectivity index (χ1n) is 6.07. The van der Waals surface area contributed by atoms with E-state index in [0.29, 0.717) is 5.69 Å². The quantitative estimate of drug-likeness (QED) is 0.847. The molecule has 2 aromatic rings. The zero-order chi connectivity index (χ0) is 15.2. The minimum Gasteiger partial charge on any atom is -0.507 e. The van der Waals surface area contributed by atoms with E-state index in [1.165, 1.54) is 36.4 Å². The molecule has 1 amide bonds. The van der Waals surface area contributed by atoms with E-state index in [0.717, 1.165) is 0 Å². The van der Waals surface area contributed by atoms with Crippen molar-refractivity contribution in [2.75, 3.05) is 11.9 Å². The highest BCUT2D eigenvalue weighted by Gasteiger charge is 2.13. The average Bonchev–Trinajstić information content (AvgIpc) is 2.48. The summed E-state index contributed by atoms with van der Waals surface area (Å²) in [6.45, 7) is -0.509. The number of carbonyl (C=O) groups is 2. The van der Waals surface area contributed by atoms with Crippen LogP contribution in [-0.2, 0) is 9.53 Å². The van der Waals surface area contributed by atoms with E-state index >= 15 is 0 Å². The number of aromatic hydroxyl groups is 1. The molecule has 0 aliphatic rings. The largest absolute Gasteiger partial charge is 0.507 e. The van der Waals surface area contributed by atoms with Crippen molar-refractivity contribution in [2.24, 2.45) is 0 Å². The van der Waals surface area contributed by atoms with Gasteiger partial charge in [-0.1, -0.05) is 12.1 Å². The Balaban J connectivity index is 1.88. The molecule has 2 rings (SSSR count). The lowest BCUT2D eigenvalue weighted by Crippen LogP contribution is -2.20. The number of benzene rings is 2. The van der Waals surface area contributed by atoms with Gasteiger partial charge in [-0.3, -0.25) is 4.79 Å². The number of ether oxygens (including phenoxy) is 1. The fourth-order valence-electron chi connectivity index (χ4n) is 1.59. The maximum atomic E-state index is 12.7. The molecule has 0 aliphatic carbocycles. The smallest absolute Gasteiger partial charge is 0.342 e. The highest BCUT2D eigenvalue weighted by Crippen LogP contribution is 2.16. The first kappa shape index (κ1) is 14.5. The summed E-state index contributed by atoms with van der Waals surface area (Å²) in [5, 5.41) is 11.9. The maximum Gasteiger partial charge on any atom is 0.342 e. The lowest BCUT2D eigenvalue weighted by atomic mass is 10.2. The van der Waals surface area contributed by atoms with Crippen LogP contribution in [0.2, 0.25) is 0 Å². The van der Waals surface area contributed by atoms with Crippen molar-refractivity contribution in [2.45, 2.75) is 0 Å². The standard InChI is InChI=1S/C15H12FNO4/c16-10-5-7-11(8-6-10)17-14(19)9-21-15(20)12-3-1-2-4-13(12)18/h1-8,18H,9H2,(H,17,19). The minimum atomic E-state index is -0.803. The van der Waals surface area contributed by atoms with E-state index in [1.54, 1.807) is 12.1 Å². The number of rotatable bonds is 4. The number of hydrogen-bond acceptors (Lipinski definition) is 4. The molecule has 0 fully saturated rings. The van der Waals surface area contributed by atoms with Crippen LogP contribution in [0.5, 0.6) is 5.75 Å². The molecule has 21 heavy (non-hydrogen) atoms. The summed E-state index contributed by atoms with van der Waals surface area (Å²) in [5.74, 6) is -2.01. The van der Waals surface area contributed by atoms with Crippen LogP contribution in [0, 0.1) is 5.82 Å². The summed E-state index contributed by atoms with van der Waals surface area (Å²) in [6.07, 6.45) is 0. The lowest BCUT2D eigenvalue weighted by Gasteiger charge is -2.07. The number of phenols is 1. The van der Waals surface area contributed by atoms with Gasteiger partial charge in [-0.2, -0.15) is 0 Å². The Bertz CT molecular complexity index is 655. The van der Waals surface area contributed by atoms with Crippen LogP contribution in [0.4, 0.5) is 10.1 Å². The fraction of sp³-hybridized carbons (Fsp3) is 0.0667. The van der Waals surface area contributed by atoms with Gasteiger partial charge in [0.05, 0.1) is 0 Å². The molecule has 0 saturated carbocycles. The molecule has 0 saturated heterocycles. The number of nitrogens with one attached hydrogen (secondary N) is 1. The average molecular weight is 289 g/mol. The van der Waals surface area contributed by atoms with E-state index < -0.39 is 24.3 Å². The zero-order valence-electron chi connectivity index (χ0n) is 10.9. The van der Waals surface area contributed by atoms with E-state index in [2.05, 4.69) is 5.32 Å². The van der Waals surface area contributed by atoms with Crippen molar-refractivity contribution < 1.29 is 23.8 Å². The van der Waals surface area contributed by atoms with Crippen LogP contribution in [0.25, 0.3) is 0 Å². The highest BCUT2D eigenvalue weighted by atomic mass is 19.1. The molecule has 0 radical (unpaired) electrons. The van der Waals surface area contributed by atoms with Gasteiger partial charge in [-0.15, -0.1) is 0 Å². The molecule has 0 bridgehead atoms. The summed E-state index contributed by atoms with van der Waals surface area (Å²) < 4.78 is 17.5. The molecule has 0 aliphatic heterocycles. The Morgan fingerprint density at radius 3 is 2.43 bits per heavy atom. The number of esters is 1. The highest BCUT2D eigenvalue weighted by molar-refractivity contribution is 5.96. The summed E-state index contributed by atoms with van der Waals surface area (Å²) in [6, 6.07) is 11.0. The van der Waals surface area contributed by atoms with E-state index in [-0.39, 0.29) is 11.3 Å². The van der Waals surface area contributed by atoms with Gasteiger partial charge in [0.25, 0.3) is 5.91 Å². The molecule has 5 nitrogen and oxygen atoms in total. The van der Waals surface area contributed by atoms with Crippen LogP contribution >= 0.6 is 0 Å². The molecule has 6 heteroatoms. The van der Waals surface area contributed by atoms with E-state index in [1.807, 2.05) is 0 Å². The third-order valence-corrected chi connectivity index (χ3v) is 2.59. The van der Waals surface area contributed by atoms with E-state index in [4.69, 9.17) is 4.74 Å². The molecule has 0 heterocycles. The number of halogens is 1. The van der Waals surface area contributed by atoms with Crippen LogP contribution in [0.3, 0.4) is 0 Å². The number of hydrogen-bond donors (Lipinski definition) is 2. The Hall–Kier alpha value is -2.89. The first-order valence-corrected chi connectivity index (χ1v) is 6.07.